The average Bonchev–Trinajstić information content (AvgIpc) is 2.74. The average molecular weight is 394 g/mol. The van der Waals surface area contributed by atoms with Crippen LogP contribution in [0.1, 0.15) is 11.1 Å². The predicted octanol–water partition coefficient (Wildman–Crippen LogP) is 3.64. The molecule has 0 heterocycles. The first kappa shape index (κ1) is 19.8. The van der Waals surface area contributed by atoms with E-state index in [0.29, 0.717) is 13.1 Å². The van der Waals surface area contributed by atoms with Crippen molar-refractivity contribution in [2.45, 2.75) is 18.0 Å². The molecule has 0 radical (unpaired) electrons. The van der Waals surface area contributed by atoms with Crippen LogP contribution in [0.4, 0.5) is 0 Å². The predicted molar refractivity (Wildman–Crippen MR) is 111 cm³/mol. The fourth-order valence-electron chi connectivity index (χ4n) is 2.81. The molecule has 0 amide bonds. The van der Waals surface area contributed by atoms with Gasteiger partial charge in [0, 0.05) is 13.1 Å². The van der Waals surface area contributed by atoms with Crippen LogP contribution in [0.2, 0.25) is 0 Å². The molecule has 0 fully saturated rings. The standard InChI is InChI=1S/C22H23N3O2S/c23-22(16-24-28(26,27)21-14-8-3-9-15-21)25(17-19-10-4-1-5-11-19)18-20-12-6-2-7-13-20/h1-15,23-24H,16-18H2. The first-order chi connectivity index (χ1) is 13.5. The van der Waals surface area contributed by atoms with Crippen molar-refractivity contribution in [1.29, 1.82) is 5.41 Å². The molecule has 0 atom stereocenters. The van der Waals surface area contributed by atoms with Crippen molar-refractivity contribution < 1.29 is 8.42 Å². The Morgan fingerprint density at radius 2 is 1.18 bits per heavy atom. The third-order valence-electron chi connectivity index (χ3n) is 4.30. The van der Waals surface area contributed by atoms with Gasteiger partial charge in [0.15, 0.2) is 0 Å². The molecule has 0 saturated heterocycles. The van der Waals surface area contributed by atoms with Gasteiger partial charge in [0.2, 0.25) is 10.0 Å². The second-order valence-corrected chi connectivity index (χ2v) is 8.18. The normalized spacial score (nSPS) is 11.1. The minimum atomic E-state index is -3.65. The number of hydrogen-bond acceptors (Lipinski definition) is 3. The van der Waals surface area contributed by atoms with Crippen LogP contribution >= 0.6 is 0 Å². The summed E-state index contributed by atoms with van der Waals surface area (Å²) >= 11 is 0. The number of nitrogens with zero attached hydrogens (tertiary/aromatic N) is 1. The lowest BCUT2D eigenvalue weighted by molar-refractivity contribution is 0.397. The van der Waals surface area contributed by atoms with Crippen molar-refractivity contribution in [3.63, 3.8) is 0 Å². The largest absolute Gasteiger partial charge is 0.351 e. The number of benzene rings is 3. The maximum Gasteiger partial charge on any atom is 0.240 e. The zero-order chi connectivity index (χ0) is 19.8. The summed E-state index contributed by atoms with van der Waals surface area (Å²) in [4.78, 5) is 2.07. The van der Waals surface area contributed by atoms with Crippen LogP contribution in [0.3, 0.4) is 0 Å². The minimum Gasteiger partial charge on any atom is -0.351 e. The quantitative estimate of drug-likeness (QED) is 0.453. The Labute approximate surface area is 166 Å². The molecule has 0 saturated carbocycles. The fourth-order valence-corrected chi connectivity index (χ4v) is 3.82. The first-order valence-electron chi connectivity index (χ1n) is 8.99. The highest BCUT2D eigenvalue weighted by Gasteiger charge is 2.17. The van der Waals surface area contributed by atoms with Gasteiger partial charge in [0.05, 0.1) is 11.4 Å². The number of nitrogens with one attached hydrogen (secondary N) is 2. The van der Waals surface area contributed by atoms with E-state index in [1.54, 1.807) is 18.2 Å². The summed E-state index contributed by atoms with van der Waals surface area (Å²) < 4.78 is 27.4. The second-order valence-electron chi connectivity index (χ2n) is 6.41. The maximum atomic E-state index is 12.4. The van der Waals surface area contributed by atoms with Gasteiger partial charge >= 0.3 is 0 Å². The summed E-state index contributed by atoms with van der Waals surface area (Å²) in [6, 6.07) is 27.9. The van der Waals surface area contributed by atoms with E-state index in [2.05, 4.69) is 4.72 Å². The lowest BCUT2D eigenvalue weighted by Gasteiger charge is -2.26. The van der Waals surface area contributed by atoms with E-state index in [1.807, 2.05) is 65.6 Å². The molecule has 5 nitrogen and oxygen atoms in total. The highest BCUT2D eigenvalue weighted by atomic mass is 32.2. The highest BCUT2D eigenvalue weighted by Crippen LogP contribution is 2.11. The summed E-state index contributed by atoms with van der Waals surface area (Å²) in [6.07, 6.45) is 0. The van der Waals surface area contributed by atoms with E-state index in [4.69, 9.17) is 5.41 Å². The summed E-state index contributed by atoms with van der Waals surface area (Å²) in [7, 11) is -3.65. The molecular formula is C22H23N3O2S. The van der Waals surface area contributed by atoms with E-state index in [1.165, 1.54) is 12.1 Å². The van der Waals surface area contributed by atoms with Crippen LogP contribution in [0.25, 0.3) is 0 Å². The molecule has 0 bridgehead atoms. The van der Waals surface area contributed by atoms with E-state index in [0.717, 1.165) is 11.1 Å². The lowest BCUT2D eigenvalue weighted by atomic mass is 10.1. The van der Waals surface area contributed by atoms with E-state index in [9.17, 15) is 8.42 Å². The SMILES string of the molecule is N=C(CNS(=O)(=O)c1ccccc1)N(Cc1ccccc1)Cc1ccccc1. The molecule has 0 unspecified atom stereocenters. The molecule has 2 N–H and O–H groups in total. The van der Waals surface area contributed by atoms with Crippen LogP contribution < -0.4 is 4.72 Å². The van der Waals surface area contributed by atoms with E-state index in [-0.39, 0.29) is 17.3 Å². The number of amidine groups is 1. The molecular weight excluding hydrogens is 370 g/mol. The van der Waals surface area contributed by atoms with Crippen molar-refractivity contribution in [2.24, 2.45) is 0 Å². The highest BCUT2D eigenvalue weighted by molar-refractivity contribution is 7.89. The number of rotatable bonds is 8. The van der Waals surface area contributed by atoms with Crippen LogP contribution in [-0.4, -0.2) is 25.7 Å². The second kappa shape index (κ2) is 9.30. The van der Waals surface area contributed by atoms with Gasteiger partial charge in [-0.1, -0.05) is 78.9 Å². The minimum absolute atomic E-state index is 0.0725. The molecule has 0 aliphatic rings. The molecule has 3 rings (SSSR count). The van der Waals surface area contributed by atoms with E-state index < -0.39 is 10.0 Å². The van der Waals surface area contributed by atoms with Gasteiger partial charge in [-0.2, -0.15) is 0 Å². The third kappa shape index (κ3) is 5.52. The maximum absolute atomic E-state index is 12.4. The van der Waals surface area contributed by atoms with Crippen LogP contribution in [0.5, 0.6) is 0 Å². The van der Waals surface area contributed by atoms with Crippen molar-refractivity contribution >= 4 is 15.9 Å². The fraction of sp³-hybridized carbons (Fsp3) is 0.136. The molecule has 0 aromatic heterocycles. The summed E-state index contributed by atoms with van der Waals surface area (Å²) in [5.41, 5.74) is 2.13. The molecule has 3 aromatic rings. The van der Waals surface area contributed by atoms with Crippen LogP contribution in [-0.2, 0) is 23.1 Å². The van der Waals surface area contributed by atoms with Gasteiger partial charge in [0.25, 0.3) is 0 Å². The van der Waals surface area contributed by atoms with Gasteiger partial charge in [-0.25, -0.2) is 13.1 Å². The number of sulfonamides is 1. The summed E-state index contributed by atoms with van der Waals surface area (Å²) in [6.45, 7) is 0.986. The van der Waals surface area contributed by atoms with Gasteiger partial charge < -0.3 is 4.90 Å². The summed E-state index contributed by atoms with van der Waals surface area (Å²) in [5.74, 6) is 0.215. The Balaban J connectivity index is 1.72. The van der Waals surface area contributed by atoms with Crippen molar-refractivity contribution in [2.75, 3.05) is 6.54 Å². The Kier molecular flexibility index (Phi) is 6.57. The molecule has 0 spiro atoms. The Bertz CT molecular complexity index is 950. The van der Waals surface area contributed by atoms with Crippen LogP contribution in [0, 0.1) is 5.41 Å². The third-order valence-corrected chi connectivity index (χ3v) is 5.71. The number of hydrogen-bond donors (Lipinski definition) is 2. The molecule has 0 aliphatic carbocycles. The van der Waals surface area contributed by atoms with Crippen LogP contribution in [0.15, 0.2) is 95.9 Å². The molecule has 28 heavy (non-hydrogen) atoms. The summed E-state index contributed by atoms with van der Waals surface area (Å²) in [5, 5.41) is 8.49. The lowest BCUT2D eigenvalue weighted by Crippen LogP contribution is -2.39. The molecule has 0 aliphatic heterocycles. The zero-order valence-corrected chi connectivity index (χ0v) is 16.3. The van der Waals surface area contributed by atoms with Crippen molar-refractivity contribution in [1.82, 2.24) is 9.62 Å². The van der Waals surface area contributed by atoms with Gasteiger partial charge in [0.1, 0.15) is 5.84 Å². The Morgan fingerprint density at radius 1 is 0.750 bits per heavy atom. The zero-order valence-electron chi connectivity index (χ0n) is 15.5. The van der Waals surface area contributed by atoms with Gasteiger partial charge in [-0.15, -0.1) is 0 Å². The molecule has 3 aromatic carbocycles. The monoisotopic (exact) mass is 393 g/mol. The van der Waals surface area contributed by atoms with E-state index >= 15 is 0 Å². The Morgan fingerprint density at radius 3 is 1.64 bits per heavy atom. The molecule has 144 valence electrons. The Hall–Kier alpha value is -2.96. The first-order valence-corrected chi connectivity index (χ1v) is 10.5. The van der Waals surface area contributed by atoms with Crippen molar-refractivity contribution in [3.05, 3.63) is 102 Å². The smallest absolute Gasteiger partial charge is 0.240 e. The topological polar surface area (TPSA) is 73.3 Å². The van der Waals surface area contributed by atoms with Gasteiger partial charge in [-0.3, -0.25) is 5.41 Å². The molecule has 6 heteroatoms. The van der Waals surface area contributed by atoms with Crippen molar-refractivity contribution in [3.8, 4) is 0 Å². The van der Waals surface area contributed by atoms with Gasteiger partial charge in [-0.05, 0) is 23.3 Å².